The van der Waals surface area contributed by atoms with E-state index in [-0.39, 0.29) is 56.4 Å². The number of nitrogens with zero attached hydrogens (tertiary/aromatic N) is 1. The highest BCUT2D eigenvalue weighted by Crippen LogP contribution is 2.40. The summed E-state index contributed by atoms with van der Waals surface area (Å²) in [5.41, 5.74) is 1.09. The second-order valence-electron chi connectivity index (χ2n) is 5.73. The molecular formula is C16H25NO4. The van der Waals surface area contributed by atoms with Gasteiger partial charge in [-0.1, -0.05) is 30.3 Å². The van der Waals surface area contributed by atoms with E-state index in [2.05, 4.69) is 0 Å². The van der Waals surface area contributed by atoms with E-state index in [0.717, 1.165) is 5.56 Å². The van der Waals surface area contributed by atoms with Crippen LogP contribution in [0.5, 0.6) is 0 Å². The number of aliphatic hydroxyl groups excluding tert-OH is 4. The van der Waals surface area contributed by atoms with Crippen molar-refractivity contribution in [3.8, 4) is 0 Å². The molecule has 1 aromatic carbocycles. The van der Waals surface area contributed by atoms with E-state index < -0.39 is 0 Å². The lowest BCUT2D eigenvalue weighted by molar-refractivity contribution is 0.0452. The van der Waals surface area contributed by atoms with Crippen molar-refractivity contribution in [3.05, 3.63) is 35.9 Å². The molecule has 5 atom stereocenters. The number of rotatable bonds is 6. The molecule has 5 nitrogen and oxygen atoms in total. The summed E-state index contributed by atoms with van der Waals surface area (Å²) in [6, 6.07) is 9.33. The Morgan fingerprint density at radius 2 is 1.33 bits per heavy atom. The van der Waals surface area contributed by atoms with Gasteiger partial charge in [-0.25, -0.2) is 0 Å². The van der Waals surface area contributed by atoms with Crippen molar-refractivity contribution < 1.29 is 20.4 Å². The summed E-state index contributed by atoms with van der Waals surface area (Å²) in [6.07, 6.45) is 0. The van der Waals surface area contributed by atoms with Gasteiger partial charge in [0, 0.05) is 43.2 Å². The molecule has 0 saturated carbocycles. The smallest absolute Gasteiger partial charge is 0.0590 e. The Balaban J connectivity index is 2.34. The number of aliphatic hydroxyl groups is 4. The van der Waals surface area contributed by atoms with Crippen molar-refractivity contribution in [1.29, 1.82) is 0 Å². The number of hydrogen-bond acceptors (Lipinski definition) is 5. The Morgan fingerprint density at radius 3 is 1.71 bits per heavy atom. The molecule has 1 heterocycles. The van der Waals surface area contributed by atoms with Gasteiger partial charge >= 0.3 is 0 Å². The van der Waals surface area contributed by atoms with Crippen LogP contribution in [0.1, 0.15) is 18.5 Å². The summed E-state index contributed by atoms with van der Waals surface area (Å²) in [5.74, 6) is -0.466. The zero-order valence-corrected chi connectivity index (χ0v) is 12.3. The van der Waals surface area contributed by atoms with Gasteiger partial charge in [0.15, 0.2) is 0 Å². The van der Waals surface area contributed by atoms with Crippen molar-refractivity contribution in [1.82, 2.24) is 4.90 Å². The molecule has 4 N–H and O–H groups in total. The molecule has 0 unspecified atom stereocenters. The quantitative estimate of drug-likeness (QED) is 0.594. The Morgan fingerprint density at radius 1 is 0.857 bits per heavy atom. The Labute approximate surface area is 125 Å². The minimum Gasteiger partial charge on any atom is -0.396 e. The van der Waals surface area contributed by atoms with Crippen LogP contribution in [0.15, 0.2) is 30.3 Å². The van der Waals surface area contributed by atoms with Crippen molar-refractivity contribution in [3.63, 3.8) is 0 Å². The monoisotopic (exact) mass is 295 g/mol. The molecule has 2 rings (SSSR count). The predicted octanol–water partition coefficient (Wildman–Crippen LogP) is 0.00200. The molecule has 0 radical (unpaired) electrons. The molecule has 1 aromatic rings. The predicted molar refractivity (Wildman–Crippen MR) is 79.6 cm³/mol. The Kier molecular flexibility index (Phi) is 5.72. The molecule has 5 heteroatoms. The van der Waals surface area contributed by atoms with Gasteiger partial charge in [0.05, 0.1) is 13.2 Å². The first kappa shape index (κ1) is 16.4. The maximum absolute atomic E-state index is 9.74. The van der Waals surface area contributed by atoms with E-state index in [1.54, 1.807) is 0 Å². The number of likely N-dealkylation sites (tertiary alicyclic amines) is 1. The van der Waals surface area contributed by atoms with E-state index in [1.165, 1.54) is 0 Å². The van der Waals surface area contributed by atoms with Gasteiger partial charge in [0.1, 0.15) is 0 Å². The molecule has 1 saturated heterocycles. The molecule has 118 valence electrons. The third-order valence-corrected chi connectivity index (χ3v) is 4.83. The summed E-state index contributed by atoms with van der Waals surface area (Å²) >= 11 is 0. The van der Waals surface area contributed by atoms with Crippen LogP contribution in [-0.4, -0.2) is 63.8 Å². The minimum absolute atomic E-state index is 0.00824. The fourth-order valence-corrected chi connectivity index (χ4v) is 3.71. The second kappa shape index (κ2) is 7.33. The van der Waals surface area contributed by atoms with Crippen molar-refractivity contribution in [2.75, 3.05) is 26.4 Å². The Hall–Kier alpha value is -0.980. The first-order valence-electron chi connectivity index (χ1n) is 7.45. The first-order chi connectivity index (χ1) is 10.2. The summed E-state index contributed by atoms with van der Waals surface area (Å²) in [6.45, 7) is 1.61. The number of benzene rings is 1. The van der Waals surface area contributed by atoms with Crippen LogP contribution < -0.4 is 0 Å². The maximum atomic E-state index is 9.74. The first-order valence-corrected chi connectivity index (χ1v) is 7.45. The highest BCUT2D eigenvalue weighted by atomic mass is 16.3. The van der Waals surface area contributed by atoms with Gasteiger partial charge in [0.25, 0.3) is 0 Å². The summed E-state index contributed by atoms with van der Waals surface area (Å²) in [4.78, 5) is 2.04. The molecule has 0 amide bonds. The zero-order valence-electron chi connectivity index (χ0n) is 12.3. The SMILES string of the molecule is C[C@H](c1ccccc1)N1[C@@H](CO)[C@H](CO)[C@@H](CO)[C@@H]1CO. The molecule has 1 fully saturated rings. The molecular weight excluding hydrogens is 270 g/mol. The van der Waals surface area contributed by atoms with Gasteiger partial charge in [-0.3, -0.25) is 4.90 Å². The third kappa shape index (κ3) is 2.98. The fourth-order valence-electron chi connectivity index (χ4n) is 3.71. The normalized spacial score (nSPS) is 31.5. The minimum atomic E-state index is -0.264. The van der Waals surface area contributed by atoms with Gasteiger partial charge in [0.2, 0.25) is 0 Å². The summed E-state index contributed by atoms with van der Waals surface area (Å²) in [7, 11) is 0. The largest absolute Gasteiger partial charge is 0.396 e. The van der Waals surface area contributed by atoms with Gasteiger partial charge in [-0.05, 0) is 12.5 Å². The molecule has 0 aromatic heterocycles. The van der Waals surface area contributed by atoms with Crippen LogP contribution in [0.4, 0.5) is 0 Å². The summed E-state index contributed by atoms with van der Waals surface area (Å²) in [5, 5.41) is 38.7. The second-order valence-corrected chi connectivity index (χ2v) is 5.73. The van der Waals surface area contributed by atoms with E-state index in [4.69, 9.17) is 0 Å². The Bertz CT molecular complexity index is 410. The molecule has 0 bridgehead atoms. The summed E-state index contributed by atoms with van der Waals surface area (Å²) < 4.78 is 0. The van der Waals surface area contributed by atoms with E-state index in [9.17, 15) is 20.4 Å². The topological polar surface area (TPSA) is 84.2 Å². The van der Waals surface area contributed by atoms with Crippen molar-refractivity contribution >= 4 is 0 Å². The fraction of sp³-hybridized carbons (Fsp3) is 0.625. The lowest BCUT2D eigenvalue weighted by atomic mass is 9.88. The van der Waals surface area contributed by atoms with E-state index >= 15 is 0 Å². The van der Waals surface area contributed by atoms with Gasteiger partial charge < -0.3 is 20.4 Å². The van der Waals surface area contributed by atoms with Crippen molar-refractivity contribution in [2.24, 2.45) is 11.8 Å². The maximum Gasteiger partial charge on any atom is 0.0590 e. The van der Waals surface area contributed by atoms with Crippen LogP contribution in [0.2, 0.25) is 0 Å². The molecule has 21 heavy (non-hydrogen) atoms. The highest BCUT2D eigenvalue weighted by molar-refractivity contribution is 5.20. The zero-order chi connectivity index (χ0) is 15.4. The lowest BCUT2D eigenvalue weighted by Crippen LogP contribution is -2.44. The van der Waals surface area contributed by atoms with Crippen LogP contribution in [-0.2, 0) is 0 Å². The van der Waals surface area contributed by atoms with Gasteiger partial charge in [-0.15, -0.1) is 0 Å². The molecule has 0 spiro atoms. The van der Waals surface area contributed by atoms with Crippen LogP contribution in [0.25, 0.3) is 0 Å². The van der Waals surface area contributed by atoms with E-state index in [0.29, 0.717) is 0 Å². The number of hydrogen-bond donors (Lipinski definition) is 4. The highest BCUT2D eigenvalue weighted by Gasteiger charge is 2.49. The van der Waals surface area contributed by atoms with Crippen LogP contribution in [0, 0.1) is 11.8 Å². The molecule has 1 aliphatic rings. The van der Waals surface area contributed by atoms with Gasteiger partial charge in [-0.2, -0.15) is 0 Å². The van der Waals surface area contributed by atoms with E-state index in [1.807, 2.05) is 42.2 Å². The molecule has 1 aliphatic heterocycles. The molecule has 0 aliphatic carbocycles. The third-order valence-electron chi connectivity index (χ3n) is 4.83. The average Bonchev–Trinajstić information content (AvgIpc) is 2.87. The standard InChI is InChI=1S/C16H25NO4/c1-11(12-5-3-2-4-6-12)17-15(9-20)13(7-18)14(8-19)16(17)10-21/h2-6,11,13-16,18-21H,7-10H2,1H3/t11-,13-,14-,15+,16+/m1/s1. The van der Waals surface area contributed by atoms with Crippen molar-refractivity contribution in [2.45, 2.75) is 25.0 Å². The van der Waals surface area contributed by atoms with Crippen LogP contribution in [0.3, 0.4) is 0 Å². The average molecular weight is 295 g/mol. The lowest BCUT2D eigenvalue weighted by Gasteiger charge is -2.35. The van der Waals surface area contributed by atoms with Crippen LogP contribution >= 0.6 is 0 Å².